The Kier molecular flexibility index (Phi) is 5.85. The van der Waals surface area contributed by atoms with E-state index in [1.807, 2.05) is 30.3 Å². The van der Waals surface area contributed by atoms with Crippen LogP contribution < -0.4 is 10.7 Å². The minimum Gasteiger partial charge on any atom is -0.478 e. The van der Waals surface area contributed by atoms with Crippen LogP contribution in [0.3, 0.4) is 0 Å². The first kappa shape index (κ1) is 18.6. The second-order valence-corrected chi connectivity index (χ2v) is 6.21. The number of hydrogen-bond acceptors (Lipinski definition) is 4. The number of anilines is 1. The number of furan rings is 1. The maximum Gasteiger partial charge on any atom is 0.335 e. The van der Waals surface area contributed by atoms with Gasteiger partial charge in [-0.05, 0) is 54.7 Å². The summed E-state index contributed by atoms with van der Waals surface area (Å²) in [5, 5.41) is 16.8. The molecule has 0 saturated carbocycles. The zero-order valence-electron chi connectivity index (χ0n) is 13.8. The van der Waals surface area contributed by atoms with Gasteiger partial charge in [-0.25, -0.2) is 4.79 Å². The molecule has 0 aliphatic rings. The highest BCUT2D eigenvalue weighted by molar-refractivity contribution is 7.80. The van der Waals surface area contributed by atoms with E-state index < -0.39 is 5.97 Å². The summed E-state index contributed by atoms with van der Waals surface area (Å²) in [5.41, 5.74) is 4.15. The first-order valence-corrected chi connectivity index (χ1v) is 8.60. The zero-order chi connectivity index (χ0) is 19.2. The van der Waals surface area contributed by atoms with Crippen LogP contribution in [-0.2, 0) is 0 Å². The van der Waals surface area contributed by atoms with Gasteiger partial charge in [0.25, 0.3) is 0 Å². The van der Waals surface area contributed by atoms with Gasteiger partial charge >= 0.3 is 5.97 Å². The Labute approximate surface area is 165 Å². The number of benzene rings is 2. The van der Waals surface area contributed by atoms with Crippen LogP contribution in [0.5, 0.6) is 0 Å². The van der Waals surface area contributed by atoms with Crippen molar-refractivity contribution in [1.82, 2.24) is 5.43 Å². The Morgan fingerprint density at radius 1 is 1.15 bits per heavy atom. The third-order valence-electron chi connectivity index (χ3n) is 3.50. The highest BCUT2D eigenvalue weighted by Gasteiger charge is 2.12. The molecule has 1 aromatic heterocycles. The van der Waals surface area contributed by atoms with Crippen LogP contribution in [0.25, 0.3) is 11.3 Å². The van der Waals surface area contributed by atoms with E-state index in [0.29, 0.717) is 27.2 Å². The number of carboxylic acids is 1. The minimum atomic E-state index is -1.04. The van der Waals surface area contributed by atoms with Gasteiger partial charge in [-0.2, -0.15) is 5.10 Å². The van der Waals surface area contributed by atoms with E-state index in [9.17, 15) is 4.79 Å². The molecule has 0 unspecified atom stereocenters. The summed E-state index contributed by atoms with van der Waals surface area (Å²) >= 11 is 11.3. The van der Waals surface area contributed by atoms with Crippen LogP contribution in [0.4, 0.5) is 5.69 Å². The summed E-state index contributed by atoms with van der Waals surface area (Å²) in [6.07, 6.45) is 1.46. The van der Waals surface area contributed by atoms with Crippen molar-refractivity contribution in [3.05, 3.63) is 77.0 Å². The van der Waals surface area contributed by atoms with Crippen LogP contribution >= 0.6 is 23.8 Å². The molecule has 0 fully saturated rings. The lowest BCUT2D eigenvalue weighted by molar-refractivity contribution is 0.0697. The highest BCUT2D eigenvalue weighted by Crippen LogP contribution is 2.30. The van der Waals surface area contributed by atoms with Gasteiger partial charge in [0.05, 0.1) is 16.8 Å². The molecule has 0 saturated heterocycles. The number of thiocarbonyl (C=S) groups is 1. The Bertz CT molecular complexity index is 1000. The minimum absolute atomic E-state index is 0.125. The van der Waals surface area contributed by atoms with Crippen molar-refractivity contribution in [1.29, 1.82) is 0 Å². The van der Waals surface area contributed by atoms with Crippen LogP contribution in [0.15, 0.2) is 70.2 Å². The summed E-state index contributed by atoms with van der Waals surface area (Å²) in [6, 6.07) is 17.3. The first-order valence-electron chi connectivity index (χ1n) is 7.81. The number of nitrogens with zero attached hydrogens (tertiary/aromatic N) is 1. The topological polar surface area (TPSA) is 86.9 Å². The van der Waals surface area contributed by atoms with Crippen molar-refractivity contribution >= 4 is 46.8 Å². The summed E-state index contributed by atoms with van der Waals surface area (Å²) < 4.78 is 5.65. The first-order chi connectivity index (χ1) is 13.0. The Morgan fingerprint density at radius 3 is 2.67 bits per heavy atom. The van der Waals surface area contributed by atoms with E-state index in [2.05, 4.69) is 15.8 Å². The largest absolute Gasteiger partial charge is 0.478 e. The molecule has 0 radical (unpaired) electrons. The predicted octanol–water partition coefficient (Wildman–Crippen LogP) is 4.62. The maximum atomic E-state index is 11.1. The van der Waals surface area contributed by atoms with Gasteiger partial charge in [0, 0.05) is 11.3 Å². The molecule has 0 aliphatic carbocycles. The van der Waals surface area contributed by atoms with E-state index in [-0.39, 0.29) is 5.56 Å². The van der Waals surface area contributed by atoms with Crippen molar-refractivity contribution in [3.8, 4) is 11.3 Å². The van der Waals surface area contributed by atoms with Crippen LogP contribution in [0.2, 0.25) is 5.02 Å². The van der Waals surface area contributed by atoms with E-state index >= 15 is 0 Å². The highest BCUT2D eigenvalue weighted by atomic mass is 35.5. The zero-order valence-corrected chi connectivity index (χ0v) is 15.4. The lowest BCUT2D eigenvalue weighted by atomic mass is 10.1. The van der Waals surface area contributed by atoms with Crippen LogP contribution in [0, 0.1) is 0 Å². The maximum absolute atomic E-state index is 11.1. The molecule has 0 atom stereocenters. The van der Waals surface area contributed by atoms with Crippen molar-refractivity contribution < 1.29 is 14.3 Å². The number of carbonyl (C=O) groups is 1. The van der Waals surface area contributed by atoms with Crippen molar-refractivity contribution in [3.63, 3.8) is 0 Å². The number of aromatic carboxylic acids is 1. The molecule has 6 nitrogen and oxygen atoms in total. The number of nitrogens with one attached hydrogen (secondary N) is 2. The molecule has 3 aromatic rings. The number of para-hydroxylation sites is 1. The van der Waals surface area contributed by atoms with Crippen molar-refractivity contribution in [2.24, 2.45) is 5.10 Å². The van der Waals surface area contributed by atoms with Crippen molar-refractivity contribution in [2.75, 3.05) is 5.32 Å². The average molecular weight is 400 g/mol. The van der Waals surface area contributed by atoms with Gasteiger partial charge in [-0.15, -0.1) is 0 Å². The quantitative estimate of drug-likeness (QED) is 0.329. The second kappa shape index (κ2) is 8.48. The van der Waals surface area contributed by atoms with E-state index in [1.165, 1.54) is 24.4 Å². The fourth-order valence-electron chi connectivity index (χ4n) is 2.25. The molecule has 0 aliphatic heterocycles. The fourth-order valence-corrected chi connectivity index (χ4v) is 2.63. The molecule has 0 bridgehead atoms. The average Bonchev–Trinajstić information content (AvgIpc) is 3.11. The third kappa shape index (κ3) is 4.93. The number of halogens is 1. The third-order valence-corrected chi connectivity index (χ3v) is 4.02. The van der Waals surface area contributed by atoms with E-state index in [1.54, 1.807) is 12.1 Å². The summed E-state index contributed by atoms with van der Waals surface area (Å²) in [4.78, 5) is 11.1. The lowest BCUT2D eigenvalue weighted by Gasteiger charge is -2.05. The molecule has 2 aromatic carbocycles. The number of hydrazone groups is 1. The SMILES string of the molecule is O=C(O)c1ccc(Cl)c(-c2ccc(C=NNC(=S)Nc3ccccc3)o2)c1. The molecule has 3 N–H and O–H groups in total. The summed E-state index contributed by atoms with van der Waals surface area (Å²) in [7, 11) is 0. The standard InChI is InChI=1S/C19H14ClN3O3S/c20-16-8-6-12(18(24)25)10-15(16)17-9-7-14(26-17)11-21-23-19(27)22-13-4-2-1-3-5-13/h1-11H,(H,24,25)(H2,22,23,27). The number of rotatable bonds is 5. The van der Waals surface area contributed by atoms with E-state index in [4.69, 9.17) is 33.3 Å². The fraction of sp³-hybridized carbons (Fsp3) is 0. The van der Waals surface area contributed by atoms with Gasteiger partial charge in [0.2, 0.25) is 0 Å². The Hall–Kier alpha value is -3.16. The lowest BCUT2D eigenvalue weighted by Crippen LogP contribution is -2.23. The van der Waals surface area contributed by atoms with Gasteiger partial charge in [0.1, 0.15) is 11.5 Å². The van der Waals surface area contributed by atoms with Crippen LogP contribution in [-0.4, -0.2) is 22.4 Å². The summed E-state index contributed by atoms with van der Waals surface area (Å²) in [6.45, 7) is 0. The smallest absolute Gasteiger partial charge is 0.335 e. The molecule has 136 valence electrons. The van der Waals surface area contributed by atoms with Crippen molar-refractivity contribution in [2.45, 2.75) is 0 Å². The van der Waals surface area contributed by atoms with E-state index in [0.717, 1.165) is 5.69 Å². The van der Waals surface area contributed by atoms with Gasteiger partial charge in [-0.3, -0.25) is 5.43 Å². The Morgan fingerprint density at radius 2 is 1.93 bits per heavy atom. The molecule has 3 rings (SSSR count). The monoisotopic (exact) mass is 399 g/mol. The molecule has 0 spiro atoms. The normalized spacial score (nSPS) is 10.7. The molecular weight excluding hydrogens is 386 g/mol. The van der Waals surface area contributed by atoms with Gasteiger partial charge in [-0.1, -0.05) is 29.8 Å². The van der Waals surface area contributed by atoms with Gasteiger partial charge < -0.3 is 14.8 Å². The molecular formula is C19H14ClN3O3S. The molecule has 27 heavy (non-hydrogen) atoms. The second-order valence-electron chi connectivity index (χ2n) is 5.39. The number of carboxylic acid groups (broad SMARTS) is 1. The predicted molar refractivity (Wildman–Crippen MR) is 110 cm³/mol. The molecule has 1 heterocycles. The van der Waals surface area contributed by atoms with Crippen LogP contribution in [0.1, 0.15) is 16.1 Å². The van der Waals surface area contributed by atoms with Gasteiger partial charge in [0.15, 0.2) is 5.11 Å². The Balaban J connectivity index is 1.66. The molecule has 8 heteroatoms. The summed E-state index contributed by atoms with van der Waals surface area (Å²) in [5.74, 6) is -0.142. The molecule has 0 amide bonds. The number of hydrogen-bond donors (Lipinski definition) is 3.